The van der Waals surface area contributed by atoms with Gasteiger partial charge in [-0.1, -0.05) is 59.6 Å². The van der Waals surface area contributed by atoms with Crippen LogP contribution in [0.3, 0.4) is 0 Å². The lowest BCUT2D eigenvalue weighted by molar-refractivity contribution is -0.112. The van der Waals surface area contributed by atoms with Gasteiger partial charge < -0.3 is 10.1 Å². The fourth-order valence-electron chi connectivity index (χ4n) is 2.54. The Balaban J connectivity index is 1.68. The highest BCUT2D eigenvalue weighted by molar-refractivity contribution is 6.44. The molecule has 3 aromatic rings. The first kappa shape index (κ1) is 21.4. The zero-order valence-corrected chi connectivity index (χ0v) is 17.0. The van der Waals surface area contributed by atoms with Gasteiger partial charge in [0.25, 0.3) is 5.91 Å². The van der Waals surface area contributed by atoms with E-state index in [1.807, 2.05) is 6.07 Å². The van der Waals surface area contributed by atoms with Crippen LogP contribution in [0, 0.1) is 17.1 Å². The molecule has 0 unspecified atom stereocenters. The van der Waals surface area contributed by atoms with Crippen LogP contribution in [0.25, 0.3) is 6.08 Å². The average molecular weight is 441 g/mol. The van der Waals surface area contributed by atoms with Gasteiger partial charge in [0, 0.05) is 5.56 Å². The lowest BCUT2D eigenvalue weighted by atomic mass is 10.1. The molecule has 30 heavy (non-hydrogen) atoms. The number of amides is 1. The molecule has 7 heteroatoms. The highest BCUT2D eigenvalue weighted by Gasteiger charge is 2.13. The standard InChI is InChI=1S/C23H15Cl2FN2O2/c24-19-5-3-7-21(22(19)25)28-23(29)17(13-27)12-15-8-10-18(11-9-15)30-14-16-4-1-2-6-20(16)26/h1-12H,14H2,(H,28,29)/b17-12-. The van der Waals surface area contributed by atoms with Gasteiger partial charge in [-0.25, -0.2) is 4.39 Å². The van der Waals surface area contributed by atoms with Crippen molar-refractivity contribution < 1.29 is 13.9 Å². The maximum atomic E-state index is 13.6. The summed E-state index contributed by atoms with van der Waals surface area (Å²) >= 11 is 12.0. The van der Waals surface area contributed by atoms with Crippen molar-refractivity contribution in [2.24, 2.45) is 0 Å². The molecule has 3 aromatic carbocycles. The maximum absolute atomic E-state index is 13.6. The van der Waals surface area contributed by atoms with Crippen molar-refractivity contribution >= 4 is 40.9 Å². The molecule has 4 nitrogen and oxygen atoms in total. The summed E-state index contributed by atoms with van der Waals surface area (Å²) in [5, 5.41) is 12.4. The summed E-state index contributed by atoms with van der Waals surface area (Å²) in [7, 11) is 0. The first-order valence-corrected chi connectivity index (χ1v) is 9.57. The number of carbonyl (C=O) groups excluding carboxylic acids is 1. The molecule has 150 valence electrons. The average Bonchev–Trinajstić information content (AvgIpc) is 2.75. The number of nitrogens with zero attached hydrogens (tertiary/aromatic N) is 1. The van der Waals surface area contributed by atoms with E-state index in [4.69, 9.17) is 27.9 Å². The minimum absolute atomic E-state index is 0.0914. The molecular formula is C23H15Cl2FN2O2. The first-order valence-electron chi connectivity index (χ1n) is 8.81. The first-order chi connectivity index (χ1) is 14.5. The monoisotopic (exact) mass is 440 g/mol. The van der Waals surface area contributed by atoms with Crippen LogP contribution in [-0.2, 0) is 11.4 Å². The molecule has 1 N–H and O–H groups in total. The molecule has 0 saturated heterocycles. The van der Waals surface area contributed by atoms with E-state index in [-0.39, 0.29) is 23.0 Å². The van der Waals surface area contributed by atoms with Crippen LogP contribution in [0.15, 0.2) is 72.3 Å². The molecule has 0 saturated carbocycles. The van der Waals surface area contributed by atoms with Crippen LogP contribution in [0.1, 0.15) is 11.1 Å². The summed E-state index contributed by atoms with van der Waals surface area (Å²) in [4.78, 5) is 12.4. The fraction of sp³-hybridized carbons (Fsp3) is 0.0435. The second-order valence-corrected chi connectivity index (χ2v) is 6.96. The van der Waals surface area contributed by atoms with E-state index >= 15 is 0 Å². The molecule has 3 rings (SSSR count). The Morgan fingerprint density at radius 3 is 2.50 bits per heavy atom. The normalized spacial score (nSPS) is 10.9. The Morgan fingerprint density at radius 2 is 1.80 bits per heavy atom. The van der Waals surface area contributed by atoms with E-state index in [9.17, 15) is 14.4 Å². The lowest BCUT2D eigenvalue weighted by Crippen LogP contribution is -2.13. The van der Waals surface area contributed by atoms with E-state index in [1.165, 1.54) is 12.1 Å². The molecule has 0 spiro atoms. The van der Waals surface area contributed by atoms with Gasteiger partial charge in [-0.2, -0.15) is 5.26 Å². The predicted octanol–water partition coefficient (Wildman–Crippen LogP) is 6.26. The number of hydrogen-bond acceptors (Lipinski definition) is 3. The zero-order valence-electron chi connectivity index (χ0n) is 15.5. The summed E-state index contributed by atoms with van der Waals surface area (Å²) in [6.45, 7) is 0.0914. The van der Waals surface area contributed by atoms with Crippen LogP contribution in [0.4, 0.5) is 10.1 Å². The Morgan fingerprint density at radius 1 is 1.07 bits per heavy atom. The third-order valence-electron chi connectivity index (χ3n) is 4.11. The van der Waals surface area contributed by atoms with Gasteiger partial charge in [-0.05, 0) is 42.0 Å². The maximum Gasteiger partial charge on any atom is 0.266 e. The van der Waals surface area contributed by atoms with E-state index in [2.05, 4.69) is 5.32 Å². The number of benzene rings is 3. The van der Waals surface area contributed by atoms with Crippen molar-refractivity contribution in [1.29, 1.82) is 5.26 Å². The summed E-state index contributed by atoms with van der Waals surface area (Å²) in [6.07, 6.45) is 1.44. The highest BCUT2D eigenvalue weighted by atomic mass is 35.5. The summed E-state index contributed by atoms with van der Waals surface area (Å²) in [5.74, 6) is -0.410. The number of nitriles is 1. The molecule has 0 atom stereocenters. The zero-order chi connectivity index (χ0) is 21.5. The van der Waals surface area contributed by atoms with Crippen molar-refractivity contribution in [3.8, 4) is 11.8 Å². The van der Waals surface area contributed by atoms with Crippen molar-refractivity contribution in [3.05, 3.63) is 99.3 Å². The number of carbonyl (C=O) groups is 1. The van der Waals surface area contributed by atoms with Crippen molar-refractivity contribution in [1.82, 2.24) is 0 Å². The lowest BCUT2D eigenvalue weighted by Gasteiger charge is -2.08. The molecule has 0 heterocycles. The van der Waals surface area contributed by atoms with Gasteiger partial charge >= 0.3 is 0 Å². The second-order valence-electron chi connectivity index (χ2n) is 6.17. The molecule has 0 aliphatic heterocycles. The third kappa shape index (κ3) is 5.38. The number of halogens is 3. The fourth-order valence-corrected chi connectivity index (χ4v) is 2.89. The minimum atomic E-state index is -0.610. The molecule has 0 bridgehead atoms. The number of anilines is 1. The van der Waals surface area contributed by atoms with Gasteiger partial charge in [0.2, 0.25) is 0 Å². The topological polar surface area (TPSA) is 62.1 Å². The van der Waals surface area contributed by atoms with Gasteiger partial charge in [0.15, 0.2) is 0 Å². The van der Waals surface area contributed by atoms with Crippen LogP contribution in [0.5, 0.6) is 5.75 Å². The third-order valence-corrected chi connectivity index (χ3v) is 4.93. The van der Waals surface area contributed by atoms with Gasteiger partial charge in [0.05, 0.1) is 15.7 Å². The summed E-state index contributed by atoms with van der Waals surface area (Å²) < 4.78 is 19.2. The number of hydrogen-bond donors (Lipinski definition) is 1. The molecular weight excluding hydrogens is 426 g/mol. The Labute approximate surface area is 183 Å². The van der Waals surface area contributed by atoms with Gasteiger partial charge in [0.1, 0.15) is 29.8 Å². The molecule has 0 aliphatic rings. The molecule has 0 radical (unpaired) electrons. The van der Waals surface area contributed by atoms with E-state index in [1.54, 1.807) is 60.7 Å². The van der Waals surface area contributed by atoms with Gasteiger partial charge in [-0.15, -0.1) is 0 Å². The van der Waals surface area contributed by atoms with E-state index in [0.717, 1.165) is 0 Å². The van der Waals surface area contributed by atoms with E-state index < -0.39 is 5.91 Å². The van der Waals surface area contributed by atoms with Crippen LogP contribution >= 0.6 is 23.2 Å². The summed E-state index contributed by atoms with van der Waals surface area (Å²) in [5.41, 5.74) is 1.28. The quantitative estimate of drug-likeness (QED) is 0.363. The molecule has 0 fully saturated rings. The number of nitrogens with one attached hydrogen (secondary N) is 1. The Bertz CT molecular complexity index is 1140. The van der Waals surface area contributed by atoms with Crippen LogP contribution in [-0.4, -0.2) is 5.91 Å². The highest BCUT2D eigenvalue weighted by Crippen LogP contribution is 2.29. The molecule has 0 aliphatic carbocycles. The largest absolute Gasteiger partial charge is 0.489 e. The number of rotatable bonds is 6. The smallest absolute Gasteiger partial charge is 0.266 e. The molecule has 1 amide bonds. The van der Waals surface area contributed by atoms with Crippen molar-refractivity contribution in [3.63, 3.8) is 0 Å². The van der Waals surface area contributed by atoms with Crippen molar-refractivity contribution in [2.45, 2.75) is 6.61 Å². The summed E-state index contributed by atoms with van der Waals surface area (Å²) in [6, 6.07) is 19.8. The van der Waals surface area contributed by atoms with E-state index in [0.29, 0.717) is 27.6 Å². The Kier molecular flexibility index (Phi) is 7.08. The molecule has 0 aromatic heterocycles. The minimum Gasteiger partial charge on any atom is -0.489 e. The van der Waals surface area contributed by atoms with Crippen LogP contribution in [0.2, 0.25) is 10.0 Å². The second kappa shape index (κ2) is 9.93. The predicted molar refractivity (Wildman–Crippen MR) is 116 cm³/mol. The SMILES string of the molecule is N#C/C(=C/c1ccc(OCc2ccccc2F)cc1)C(=O)Nc1cccc(Cl)c1Cl. The number of ether oxygens (including phenoxy) is 1. The Hall–Kier alpha value is -3.33. The van der Waals surface area contributed by atoms with Crippen molar-refractivity contribution in [2.75, 3.05) is 5.32 Å². The van der Waals surface area contributed by atoms with Gasteiger partial charge in [-0.3, -0.25) is 4.79 Å². The van der Waals surface area contributed by atoms with Crippen LogP contribution < -0.4 is 10.1 Å².